The van der Waals surface area contributed by atoms with Gasteiger partial charge in [-0.3, -0.25) is 19.6 Å². The summed E-state index contributed by atoms with van der Waals surface area (Å²) in [6.07, 6.45) is 0. The molecule has 0 bridgehead atoms. The molecule has 0 N–H and O–H groups in total. The van der Waals surface area contributed by atoms with Crippen molar-refractivity contribution in [2.45, 2.75) is 26.9 Å². The van der Waals surface area contributed by atoms with Crippen LogP contribution in [0.15, 0.2) is 48.5 Å². The Hall–Kier alpha value is -3.68. The molecule has 30 heavy (non-hydrogen) atoms. The molecule has 0 aliphatic rings. The lowest BCUT2D eigenvalue weighted by Gasteiger charge is -2.18. The van der Waals surface area contributed by atoms with E-state index in [4.69, 9.17) is 4.74 Å². The van der Waals surface area contributed by atoms with E-state index < -0.39 is 4.92 Å². The molecular formula is C22H24N4O4. The van der Waals surface area contributed by atoms with E-state index in [1.807, 2.05) is 36.4 Å². The third kappa shape index (κ3) is 4.48. The van der Waals surface area contributed by atoms with E-state index in [0.29, 0.717) is 30.0 Å². The Bertz CT molecular complexity index is 1060. The Morgan fingerprint density at radius 3 is 2.23 bits per heavy atom. The van der Waals surface area contributed by atoms with E-state index in [1.54, 1.807) is 49.7 Å². The first kappa shape index (κ1) is 21.0. The third-order valence-electron chi connectivity index (χ3n) is 4.98. The first-order valence-corrected chi connectivity index (χ1v) is 9.46. The number of carbonyl (C=O) groups is 1. The highest BCUT2D eigenvalue weighted by Gasteiger charge is 2.21. The molecule has 156 valence electrons. The predicted octanol–water partition coefficient (Wildman–Crippen LogP) is 3.74. The average molecular weight is 408 g/mol. The van der Waals surface area contributed by atoms with Gasteiger partial charge in [0.05, 0.1) is 18.6 Å². The van der Waals surface area contributed by atoms with Crippen molar-refractivity contribution in [1.82, 2.24) is 14.7 Å². The minimum absolute atomic E-state index is 0.0435. The molecule has 1 heterocycles. The number of nitrogens with zero attached hydrogens (tertiary/aromatic N) is 4. The van der Waals surface area contributed by atoms with Gasteiger partial charge in [-0.15, -0.1) is 0 Å². The summed E-state index contributed by atoms with van der Waals surface area (Å²) in [4.78, 5) is 25.1. The summed E-state index contributed by atoms with van der Waals surface area (Å²) in [7, 11) is 3.37. The van der Waals surface area contributed by atoms with Crippen LogP contribution in [0.1, 0.15) is 32.9 Å². The first-order chi connectivity index (χ1) is 14.3. The van der Waals surface area contributed by atoms with E-state index in [1.165, 1.54) is 0 Å². The Balaban J connectivity index is 1.68. The molecule has 3 aromatic rings. The molecule has 0 aliphatic carbocycles. The second-order valence-electron chi connectivity index (χ2n) is 7.14. The van der Waals surface area contributed by atoms with E-state index in [2.05, 4.69) is 5.10 Å². The number of benzene rings is 2. The Morgan fingerprint density at radius 2 is 1.70 bits per heavy atom. The van der Waals surface area contributed by atoms with Gasteiger partial charge in [0, 0.05) is 19.2 Å². The molecule has 0 atom stereocenters. The van der Waals surface area contributed by atoms with E-state index >= 15 is 0 Å². The fourth-order valence-electron chi connectivity index (χ4n) is 3.33. The Labute approximate surface area is 174 Å². The lowest BCUT2D eigenvalue weighted by molar-refractivity contribution is -0.386. The monoisotopic (exact) mass is 408 g/mol. The molecule has 2 aromatic carbocycles. The van der Waals surface area contributed by atoms with Crippen LogP contribution in [-0.4, -0.2) is 39.7 Å². The molecule has 1 amide bonds. The number of rotatable bonds is 7. The van der Waals surface area contributed by atoms with Crippen molar-refractivity contribution in [1.29, 1.82) is 0 Å². The van der Waals surface area contributed by atoms with Gasteiger partial charge in [0.15, 0.2) is 0 Å². The van der Waals surface area contributed by atoms with Gasteiger partial charge in [0.1, 0.15) is 17.1 Å². The molecule has 8 heteroatoms. The zero-order valence-corrected chi connectivity index (χ0v) is 17.5. The van der Waals surface area contributed by atoms with Crippen LogP contribution in [0.5, 0.6) is 5.75 Å². The summed E-state index contributed by atoms with van der Waals surface area (Å²) in [5.74, 6) is 0.690. The van der Waals surface area contributed by atoms with Crippen molar-refractivity contribution < 1.29 is 14.5 Å². The Morgan fingerprint density at radius 1 is 1.10 bits per heavy atom. The normalized spacial score (nSPS) is 10.7. The van der Waals surface area contributed by atoms with Gasteiger partial charge >= 0.3 is 5.69 Å². The van der Waals surface area contributed by atoms with Gasteiger partial charge in [-0.25, -0.2) is 0 Å². The maximum absolute atomic E-state index is 12.7. The third-order valence-corrected chi connectivity index (χ3v) is 4.98. The summed E-state index contributed by atoms with van der Waals surface area (Å²) in [5, 5.41) is 15.4. The molecule has 3 rings (SSSR count). The molecule has 0 radical (unpaired) electrons. The quantitative estimate of drug-likeness (QED) is 0.439. The highest BCUT2D eigenvalue weighted by Crippen LogP contribution is 2.22. The number of nitro groups is 1. The minimum Gasteiger partial charge on any atom is -0.497 e. The molecule has 0 fully saturated rings. The zero-order valence-electron chi connectivity index (χ0n) is 17.5. The zero-order chi connectivity index (χ0) is 21.8. The van der Waals surface area contributed by atoms with Crippen molar-refractivity contribution in [3.8, 4) is 5.75 Å². The average Bonchev–Trinajstić information content (AvgIpc) is 3.01. The smallest absolute Gasteiger partial charge is 0.312 e. The Kier molecular flexibility index (Phi) is 6.15. The van der Waals surface area contributed by atoms with Crippen molar-refractivity contribution >= 4 is 11.6 Å². The number of amides is 1. The van der Waals surface area contributed by atoms with E-state index in [9.17, 15) is 14.9 Å². The van der Waals surface area contributed by atoms with Crippen molar-refractivity contribution in [3.63, 3.8) is 0 Å². The number of ether oxygens (including phenoxy) is 1. The molecule has 8 nitrogen and oxygen atoms in total. The number of hydrogen-bond donors (Lipinski definition) is 0. The first-order valence-electron chi connectivity index (χ1n) is 9.46. The molecule has 0 saturated carbocycles. The molecular weight excluding hydrogens is 384 g/mol. The van der Waals surface area contributed by atoms with Gasteiger partial charge in [0.25, 0.3) is 5.91 Å². The number of carbonyl (C=O) groups excluding carboxylic acids is 1. The number of hydrogen-bond acceptors (Lipinski definition) is 5. The van der Waals surface area contributed by atoms with Crippen molar-refractivity contribution in [2.75, 3.05) is 14.2 Å². The van der Waals surface area contributed by atoms with Crippen LogP contribution in [0, 0.1) is 24.0 Å². The second kappa shape index (κ2) is 8.77. The minimum atomic E-state index is -0.408. The lowest BCUT2D eigenvalue weighted by Crippen LogP contribution is -2.26. The molecule has 0 unspecified atom stereocenters. The maximum Gasteiger partial charge on any atom is 0.312 e. The van der Waals surface area contributed by atoms with Crippen LogP contribution >= 0.6 is 0 Å². The highest BCUT2D eigenvalue weighted by atomic mass is 16.6. The lowest BCUT2D eigenvalue weighted by atomic mass is 10.1. The standard InChI is InChI=1S/C22H24N4O4/c1-15-21(26(28)29)16(2)25(23-15)14-18-5-9-19(10-6-18)22(27)24(3)13-17-7-11-20(30-4)12-8-17/h5-12H,13-14H2,1-4H3. The SMILES string of the molecule is COc1ccc(CN(C)C(=O)c2ccc(Cn3nc(C)c([N+](=O)[O-])c3C)cc2)cc1. The topological polar surface area (TPSA) is 90.5 Å². The van der Waals surface area contributed by atoms with Crippen LogP contribution in [0.25, 0.3) is 0 Å². The second-order valence-corrected chi connectivity index (χ2v) is 7.14. The number of aryl methyl sites for hydroxylation is 1. The molecule has 0 aliphatic heterocycles. The summed E-state index contributed by atoms with van der Waals surface area (Å²) >= 11 is 0. The predicted molar refractivity (Wildman–Crippen MR) is 113 cm³/mol. The molecule has 0 spiro atoms. The van der Waals surface area contributed by atoms with Crippen LogP contribution in [0.2, 0.25) is 0 Å². The van der Waals surface area contributed by atoms with Crippen LogP contribution in [-0.2, 0) is 13.1 Å². The largest absolute Gasteiger partial charge is 0.497 e. The number of methoxy groups -OCH3 is 1. The molecule has 0 saturated heterocycles. The van der Waals surface area contributed by atoms with Crippen molar-refractivity contribution in [3.05, 3.63) is 86.7 Å². The van der Waals surface area contributed by atoms with Gasteiger partial charge in [-0.1, -0.05) is 24.3 Å². The molecule has 1 aromatic heterocycles. The fraction of sp³-hybridized carbons (Fsp3) is 0.273. The number of aromatic nitrogens is 2. The summed E-state index contributed by atoms with van der Waals surface area (Å²) < 4.78 is 6.76. The van der Waals surface area contributed by atoms with Gasteiger partial charge in [-0.2, -0.15) is 5.10 Å². The van der Waals surface area contributed by atoms with Crippen LogP contribution < -0.4 is 4.74 Å². The fourth-order valence-corrected chi connectivity index (χ4v) is 3.33. The van der Waals surface area contributed by atoms with Gasteiger partial charge < -0.3 is 9.64 Å². The van der Waals surface area contributed by atoms with E-state index in [-0.39, 0.29) is 11.6 Å². The summed E-state index contributed by atoms with van der Waals surface area (Å²) in [6, 6.07) is 14.8. The van der Waals surface area contributed by atoms with Crippen molar-refractivity contribution in [2.24, 2.45) is 0 Å². The summed E-state index contributed by atoms with van der Waals surface area (Å²) in [5.41, 5.74) is 3.44. The van der Waals surface area contributed by atoms with Gasteiger partial charge in [-0.05, 0) is 49.2 Å². The van der Waals surface area contributed by atoms with Gasteiger partial charge in [0.2, 0.25) is 0 Å². The van der Waals surface area contributed by atoms with E-state index in [0.717, 1.165) is 16.9 Å². The summed E-state index contributed by atoms with van der Waals surface area (Å²) in [6.45, 7) is 4.20. The van der Waals surface area contributed by atoms with Crippen LogP contribution in [0.4, 0.5) is 5.69 Å². The highest BCUT2D eigenvalue weighted by molar-refractivity contribution is 5.94. The van der Waals surface area contributed by atoms with Crippen LogP contribution in [0.3, 0.4) is 0 Å². The maximum atomic E-state index is 12.7.